The second kappa shape index (κ2) is 5.65. The van der Waals surface area contributed by atoms with E-state index in [4.69, 9.17) is 21.9 Å². The van der Waals surface area contributed by atoms with Gasteiger partial charge in [-0.25, -0.2) is 14.4 Å². The van der Waals surface area contributed by atoms with Gasteiger partial charge in [0, 0.05) is 19.5 Å². The van der Waals surface area contributed by atoms with E-state index in [9.17, 15) is 15.0 Å². The summed E-state index contributed by atoms with van der Waals surface area (Å²) in [5.41, 5.74) is 15.7. The number of alkyl carbamates (subject to hydrolysis) is 1. The quantitative estimate of drug-likeness (QED) is 0.182. The number of nitrogens with one attached hydrogen (secondary N) is 3. The summed E-state index contributed by atoms with van der Waals surface area (Å²) in [6.45, 7) is 0.796. The van der Waals surface area contributed by atoms with Gasteiger partial charge >= 0.3 is 12.1 Å². The second-order valence-corrected chi connectivity index (χ2v) is 6.02. The normalized spacial score (nSPS) is 33.0. The first-order chi connectivity index (χ1) is 11.3. The van der Waals surface area contributed by atoms with Gasteiger partial charge in [0.1, 0.15) is 12.6 Å². The van der Waals surface area contributed by atoms with Crippen molar-refractivity contribution in [1.82, 2.24) is 16.0 Å². The van der Waals surface area contributed by atoms with Gasteiger partial charge in [0.25, 0.3) is 0 Å². The van der Waals surface area contributed by atoms with E-state index < -0.39 is 29.6 Å². The van der Waals surface area contributed by atoms with Crippen molar-refractivity contribution in [1.29, 1.82) is 0 Å². The summed E-state index contributed by atoms with van der Waals surface area (Å²) in [4.78, 5) is 15.9. The molecule has 1 amide bonds. The van der Waals surface area contributed by atoms with Crippen LogP contribution in [0.5, 0.6) is 0 Å². The zero-order valence-electron chi connectivity index (χ0n) is 13.0. The Morgan fingerprint density at radius 2 is 2.25 bits per heavy atom. The smallest absolute Gasteiger partial charge is 0.407 e. The van der Waals surface area contributed by atoms with Crippen LogP contribution in [0.3, 0.4) is 0 Å². The molecule has 0 bridgehead atoms. The number of rotatable bonds is 4. The fraction of sp³-hybridized carbons (Fsp3) is 0.750. The molecular weight excluding hydrogens is 320 g/mol. The zero-order valence-corrected chi connectivity index (χ0v) is 13.0. The highest BCUT2D eigenvalue weighted by atomic mass is 16.5. The van der Waals surface area contributed by atoms with Gasteiger partial charge in [-0.15, -0.1) is 0 Å². The van der Waals surface area contributed by atoms with Gasteiger partial charge in [0.15, 0.2) is 12.0 Å². The van der Waals surface area contributed by atoms with Crippen molar-refractivity contribution in [3.63, 3.8) is 0 Å². The van der Waals surface area contributed by atoms with Gasteiger partial charge in [-0.1, -0.05) is 0 Å². The van der Waals surface area contributed by atoms with E-state index in [0.717, 1.165) is 0 Å². The molecule has 0 aromatic heterocycles. The van der Waals surface area contributed by atoms with Crippen LogP contribution in [0.4, 0.5) is 4.79 Å². The average Bonchev–Trinajstić information content (AvgIpc) is 3.00. The SMILES string of the molecule is NCCNC(=O)OC[C@@H]1NC(N)=[N+]2CCC(O)(O)[C@@]23NC(N)=N[C@@H]13. The Labute approximate surface area is 137 Å². The van der Waals surface area contributed by atoms with E-state index >= 15 is 0 Å². The van der Waals surface area contributed by atoms with Gasteiger partial charge in [-0.3, -0.25) is 11.1 Å². The Morgan fingerprint density at radius 3 is 2.96 bits per heavy atom. The Balaban J connectivity index is 1.82. The van der Waals surface area contributed by atoms with Gasteiger partial charge in [-0.2, -0.15) is 0 Å². The minimum absolute atomic E-state index is 0.0617. The summed E-state index contributed by atoms with van der Waals surface area (Å²) < 4.78 is 6.72. The number of aliphatic imine (C=N–C) groups is 1. The van der Waals surface area contributed by atoms with Crippen LogP contribution in [0.15, 0.2) is 4.99 Å². The lowest BCUT2D eigenvalue weighted by molar-refractivity contribution is -0.623. The molecule has 0 radical (unpaired) electrons. The van der Waals surface area contributed by atoms with Crippen molar-refractivity contribution in [3.8, 4) is 0 Å². The molecule has 11 N–H and O–H groups in total. The van der Waals surface area contributed by atoms with E-state index in [1.54, 1.807) is 4.58 Å². The van der Waals surface area contributed by atoms with Crippen molar-refractivity contribution in [2.75, 3.05) is 26.2 Å². The van der Waals surface area contributed by atoms with Gasteiger partial charge < -0.3 is 37.1 Å². The molecule has 3 heterocycles. The molecule has 12 nitrogen and oxygen atoms in total. The maximum absolute atomic E-state index is 11.6. The first-order valence-electron chi connectivity index (χ1n) is 7.65. The summed E-state index contributed by atoms with van der Waals surface area (Å²) >= 11 is 0. The first kappa shape index (κ1) is 16.5. The molecule has 1 saturated heterocycles. The standard InChI is InChI=1S/C12H22N8O4/c13-2-3-16-10(21)24-5-6-7-12(19-8(14)18-7)11(22,23)1-4-20(12)9(15)17-6/h6-7,22-23H,1-5,13H2,(H6,14,15,16,17,18,19,21)/p+1/t6-,7-,12-/m0/s1. The number of aliphatic hydroxyl groups is 2. The van der Waals surface area contributed by atoms with Gasteiger partial charge in [0.05, 0.1) is 6.54 Å². The summed E-state index contributed by atoms with van der Waals surface area (Å²) in [6, 6.07) is -1.31. The Hall–Kier alpha value is -2.31. The third-order valence-corrected chi connectivity index (χ3v) is 4.56. The number of carbonyl (C=O) groups excluding carboxylic acids is 1. The number of nitrogens with two attached hydrogens (primary N) is 3. The molecule has 0 unspecified atom stereocenters. The molecule has 0 aromatic carbocycles. The van der Waals surface area contributed by atoms with Crippen molar-refractivity contribution in [3.05, 3.63) is 0 Å². The average molecular weight is 343 g/mol. The molecule has 24 heavy (non-hydrogen) atoms. The van der Waals surface area contributed by atoms with E-state index in [1.165, 1.54) is 0 Å². The fourth-order valence-electron chi connectivity index (χ4n) is 3.52. The monoisotopic (exact) mass is 343 g/mol. The van der Waals surface area contributed by atoms with Gasteiger partial charge in [0.2, 0.25) is 11.4 Å². The number of amides is 1. The maximum atomic E-state index is 11.6. The zero-order chi connectivity index (χ0) is 17.5. The highest BCUT2D eigenvalue weighted by Gasteiger charge is 2.71. The minimum Gasteiger partial charge on any atom is -0.446 e. The van der Waals surface area contributed by atoms with Crippen LogP contribution < -0.4 is 33.2 Å². The number of hydrogen-bond acceptors (Lipinski definition) is 10. The topological polar surface area (TPSA) is 196 Å². The van der Waals surface area contributed by atoms with E-state index in [1.807, 2.05) is 0 Å². The summed E-state index contributed by atoms with van der Waals surface area (Å²) in [7, 11) is 0. The Kier molecular flexibility index (Phi) is 3.89. The third kappa shape index (κ3) is 2.30. The first-order valence-corrected chi connectivity index (χ1v) is 7.65. The summed E-state index contributed by atoms with van der Waals surface area (Å²) in [5.74, 6) is -1.81. The Bertz CT molecular complexity index is 606. The number of nitrogens with zero attached hydrogens (tertiary/aromatic N) is 2. The largest absolute Gasteiger partial charge is 0.446 e. The molecule has 3 aliphatic heterocycles. The highest BCUT2D eigenvalue weighted by molar-refractivity contribution is 5.83. The van der Waals surface area contributed by atoms with Crippen LogP contribution in [0.2, 0.25) is 0 Å². The summed E-state index contributed by atoms with van der Waals surface area (Å²) in [5, 5.41) is 29.3. The number of hydrogen-bond donors (Lipinski definition) is 8. The Morgan fingerprint density at radius 1 is 1.50 bits per heavy atom. The number of carbonyl (C=O) groups is 1. The molecule has 3 atom stereocenters. The van der Waals surface area contributed by atoms with E-state index in [2.05, 4.69) is 20.9 Å². The van der Waals surface area contributed by atoms with E-state index in [0.29, 0.717) is 13.1 Å². The van der Waals surface area contributed by atoms with Crippen LogP contribution in [0.1, 0.15) is 6.42 Å². The number of guanidine groups is 2. The lowest BCUT2D eigenvalue weighted by Crippen LogP contribution is -2.77. The van der Waals surface area contributed by atoms with Crippen molar-refractivity contribution in [2.24, 2.45) is 22.2 Å². The van der Waals surface area contributed by atoms with Crippen LogP contribution in [0.25, 0.3) is 0 Å². The minimum atomic E-state index is -2.10. The molecule has 3 aliphatic rings. The third-order valence-electron chi connectivity index (χ3n) is 4.56. The number of ether oxygens (including phenoxy) is 1. The van der Waals surface area contributed by atoms with Gasteiger partial charge in [-0.05, 0) is 0 Å². The fourth-order valence-corrected chi connectivity index (χ4v) is 3.52. The molecule has 12 heteroatoms. The van der Waals surface area contributed by atoms with Crippen LogP contribution in [0, 0.1) is 0 Å². The van der Waals surface area contributed by atoms with Crippen LogP contribution in [-0.2, 0) is 4.74 Å². The molecule has 1 fully saturated rings. The molecule has 0 saturated carbocycles. The lowest BCUT2D eigenvalue weighted by Gasteiger charge is -2.42. The predicted octanol–water partition coefficient (Wildman–Crippen LogP) is -4.96. The van der Waals surface area contributed by atoms with E-state index in [-0.39, 0.29) is 31.5 Å². The summed E-state index contributed by atoms with van der Waals surface area (Å²) in [6.07, 6.45) is -0.572. The molecular formula is C12H23N8O4+. The van der Waals surface area contributed by atoms with Crippen molar-refractivity contribution < 1.29 is 24.3 Å². The molecule has 0 aliphatic carbocycles. The second-order valence-electron chi connectivity index (χ2n) is 6.02. The van der Waals surface area contributed by atoms with Crippen molar-refractivity contribution >= 4 is 18.0 Å². The molecule has 3 rings (SSSR count). The highest BCUT2D eigenvalue weighted by Crippen LogP contribution is 2.40. The molecule has 0 aromatic rings. The molecule has 1 spiro atoms. The van der Waals surface area contributed by atoms with Crippen LogP contribution in [-0.4, -0.2) is 82.6 Å². The maximum Gasteiger partial charge on any atom is 0.407 e. The lowest BCUT2D eigenvalue weighted by atomic mass is 9.87. The van der Waals surface area contributed by atoms with Crippen molar-refractivity contribution in [2.45, 2.75) is 30.0 Å². The molecule has 134 valence electrons. The predicted molar refractivity (Wildman–Crippen MR) is 82.7 cm³/mol. The van der Waals surface area contributed by atoms with Crippen LogP contribution >= 0.6 is 0 Å².